The first-order valence-corrected chi connectivity index (χ1v) is 9.15. The molecule has 0 aliphatic rings. The molecule has 1 amide bonds. The zero-order valence-electron chi connectivity index (χ0n) is 15.8. The quantitative estimate of drug-likeness (QED) is 0.620. The van der Waals surface area contributed by atoms with Gasteiger partial charge in [0.15, 0.2) is 0 Å². The van der Waals surface area contributed by atoms with E-state index in [-0.39, 0.29) is 11.9 Å². The van der Waals surface area contributed by atoms with Crippen LogP contribution in [0.3, 0.4) is 0 Å². The number of ether oxygens (including phenoxy) is 1. The van der Waals surface area contributed by atoms with Crippen molar-refractivity contribution in [3.8, 4) is 5.75 Å². The van der Waals surface area contributed by atoms with E-state index < -0.39 is 0 Å². The lowest BCUT2D eigenvalue weighted by atomic mass is 10.1. The Hall–Kier alpha value is -3.08. The summed E-state index contributed by atoms with van der Waals surface area (Å²) >= 11 is 0. The zero-order chi connectivity index (χ0) is 19.1. The van der Waals surface area contributed by atoms with E-state index in [1.54, 1.807) is 6.20 Å². The molecular formula is C22H25N3O2. The van der Waals surface area contributed by atoms with Crippen LogP contribution in [0.5, 0.6) is 5.75 Å². The van der Waals surface area contributed by atoms with Gasteiger partial charge in [0.25, 0.3) is 0 Å². The maximum absolute atomic E-state index is 12.5. The molecule has 0 bridgehead atoms. The lowest BCUT2D eigenvalue weighted by Crippen LogP contribution is -2.31. The van der Waals surface area contributed by atoms with Crippen molar-refractivity contribution in [3.63, 3.8) is 0 Å². The van der Waals surface area contributed by atoms with Gasteiger partial charge in [-0.2, -0.15) is 0 Å². The topological polar surface area (TPSA) is 56.1 Å². The van der Waals surface area contributed by atoms with Crippen LogP contribution in [-0.4, -0.2) is 22.1 Å². The molecule has 0 radical (unpaired) electrons. The molecule has 2 aromatic carbocycles. The van der Waals surface area contributed by atoms with Crippen molar-refractivity contribution in [1.82, 2.24) is 14.9 Å². The van der Waals surface area contributed by atoms with E-state index in [9.17, 15) is 4.79 Å². The number of para-hydroxylation sites is 1. The van der Waals surface area contributed by atoms with Crippen molar-refractivity contribution >= 4 is 5.91 Å². The average molecular weight is 363 g/mol. The van der Waals surface area contributed by atoms with E-state index in [0.717, 1.165) is 22.7 Å². The Labute approximate surface area is 160 Å². The highest BCUT2D eigenvalue weighted by Crippen LogP contribution is 2.20. The first-order valence-electron chi connectivity index (χ1n) is 9.15. The van der Waals surface area contributed by atoms with Crippen LogP contribution in [0.4, 0.5) is 0 Å². The molecule has 1 N–H and O–H groups in total. The van der Waals surface area contributed by atoms with Crippen LogP contribution in [-0.2, 0) is 11.8 Å². The average Bonchev–Trinajstić information content (AvgIpc) is 3.11. The smallest absolute Gasteiger partial charge is 0.220 e. The highest BCUT2D eigenvalue weighted by atomic mass is 16.5. The van der Waals surface area contributed by atoms with Crippen LogP contribution in [0.15, 0.2) is 67.0 Å². The van der Waals surface area contributed by atoms with E-state index in [1.807, 2.05) is 79.3 Å². The van der Waals surface area contributed by atoms with Crippen molar-refractivity contribution < 1.29 is 9.53 Å². The van der Waals surface area contributed by atoms with Gasteiger partial charge in [-0.1, -0.05) is 48.5 Å². The number of aryl methyl sites for hydroxylation is 2. The normalized spacial score (nSPS) is 11.8. The van der Waals surface area contributed by atoms with Crippen molar-refractivity contribution in [2.45, 2.75) is 25.8 Å². The molecule has 5 nitrogen and oxygen atoms in total. The molecule has 0 fully saturated rings. The molecule has 5 heteroatoms. The number of carbonyl (C=O) groups is 1. The minimum atomic E-state index is -0.268. The Balaban J connectivity index is 1.57. The van der Waals surface area contributed by atoms with Gasteiger partial charge in [0, 0.05) is 25.9 Å². The Morgan fingerprint density at radius 2 is 1.89 bits per heavy atom. The lowest BCUT2D eigenvalue weighted by molar-refractivity contribution is -0.121. The van der Waals surface area contributed by atoms with Gasteiger partial charge in [0.1, 0.15) is 17.6 Å². The summed E-state index contributed by atoms with van der Waals surface area (Å²) in [5.41, 5.74) is 2.11. The molecule has 1 unspecified atom stereocenters. The van der Waals surface area contributed by atoms with Crippen molar-refractivity contribution in [3.05, 3.63) is 83.9 Å². The number of nitrogens with zero attached hydrogens (tertiary/aromatic N) is 2. The summed E-state index contributed by atoms with van der Waals surface area (Å²) in [6.45, 7) is 2.52. The molecule has 0 aliphatic carbocycles. The van der Waals surface area contributed by atoms with E-state index in [4.69, 9.17) is 4.74 Å². The zero-order valence-corrected chi connectivity index (χ0v) is 15.8. The standard InChI is InChI=1S/C22H25N3O2/c1-17-9-6-7-12-19(17)27-16-8-13-20(26)24-21(18-10-4-3-5-11-18)22-23-14-15-25(22)2/h3-7,9-12,14-15,21H,8,13,16H2,1-2H3,(H,24,26). The van der Waals surface area contributed by atoms with Crippen LogP contribution in [0.25, 0.3) is 0 Å². The van der Waals surface area contributed by atoms with Crippen molar-refractivity contribution in [2.24, 2.45) is 7.05 Å². The van der Waals surface area contributed by atoms with Gasteiger partial charge in [-0.05, 0) is 30.5 Å². The van der Waals surface area contributed by atoms with Crippen molar-refractivity contribution in [1.29, 1.82) is 0 Å². The second-order valence-electron chi connectivity index (χ2n) is 6.53. The third-order valence-electron chi connectivity index (χ3n) is 4.45. The van der Waals surface area contributed by atoms with Gasteiger partial charge in [-0.25, -0.2) is 4.98 Å². The Bertz CT molecular complexity index is 874. The maximum Gasteiger partial charge on any atom is 0.220 e. The largest absolute Gasteiger partial charge is 0.493 e. The van der Waals surface area contributed by atoms with Gasteiger partial charge in [-0.15, -0.1) is 0 Å². The SMILES string of the molecule is Cc1ccccc1OCCCC(=O)NC(c1ccccc1)c1nccn1C. The number of aromatic nitrogens is 2. The van der Waals surface area contributed by atoms with E-state index >= 15 is 0 Å². The summed E-state index contributed by atoms with van der Waals surface area (Å²) in [5, 5.41) is 3.11. The van der Waals surface area contributed by atoms with Crippen LogP contribution in [0.2, 0.25) is 0 Å². The summed E-state index contributed by atoms with van der Waals surface area (Å²) in [6, 6.07) is 17.5. The fourth-order valence-corrected chi connectivity index (χ4v) is 2.96. The van der Waals surface area contributed by atoms with E-state index in [2.05, 4.69) is 10.3 Å². The van der Waals surface area contributed by atoms with Crippen LogP contribution >= 0.6 is 0 Å². The van der Waals surface area contributed by atoms with Gasteiger partial charge in [0.2, 0.25) is 5.91 Å². The number of hydrogen-bond donors (Lipinski definition) is 1. The monoisotopic (exact) mass is 363 g/mol. The number of carbonyl (C=O) groups excluding carboxylic acids is 1. The molecular weight excluding hydrogens is 338 g/mol. The highest BCUT2D eigenvalue weighted by molar-refractivity contribution is 5.76. The van der Waals surface area contributed by atoms with E-state index in [1.165, 1.54) is 0 Å². The molecule has 0 spiro atoms. The Kier molecular flexibility index (Phi) is 6.26. The Morgan fingerprint density at radius 3 is 2.59 bits per heavy atom. The second-order valence-corrected chi connectivity index (χ2v) is 6.53. The van der Waals surface area contributed by atoms with Gasteiger partial charge in [0.05, 0.1) is 6.61 Å². The minimum absolute atomic E-state index is 0.0137. The van der Waals surface area contributed by atoms with Crippen LogP contribution in [0.1, 0.15) is 35.8 Å². The Morgan fingerprint density at radius 1 is 1.15 bits per heavy atom. The van der Waals surface area contributed by atoms with Gasteiger partial charge >= 0.3 is 0 Å². The molecule has 0 aliphatic heterocycles. The summed E-state index contributed by atoms with van der Waals surface area (Å²) in [4.78, 5) is 16.9. The summed E-state index contributed by atoms with van der Waals surface area (Å²) < 4.78 is 7.70. The molecule has 3 rings (SSSR count). The van der Waals surface area contributed by atoms with E-state index in [0.29, 0.717) is 19.4 Å². The van der Waals surface area contributed by atoms with Gasteiger partial charge in [-0.3, -0.25) is 4.79 Å². The number of amides is 1. The molecule has 1 aromatic heterocycles. The number of rotatable bonds is 8. The first kappa shape index (κ1) is 18.7. The fraction of sp³-hybridized carbons (Fsp3) is 0.273. The lowest BCUT2D eigenvalue weighted by Gasteiger charge is -2.19. The number of hydrogen-bond acceptors (Lipinski definition) is 3. The molecule has 1 heterocycles. The number of benzene rings is 2. The summed E-state index contributed by atoms with van der Waals surface area (Å²) in [6.07, 6.45) is 4.68. The molecule has 0 saturated heterocycles. The molecule has 0 saturated carbocycles. The maximum atomic E-state index is 12.5. The molecule has 140 valence electrons. The first-order chi connectivity index (χ1) is 13.1. The number of imidazole rings is 1. The van der Waals surface area contributed by atoms with Crippen LogP contribution < -0.4 is 10.1 Å². The predicted molar refractivity (Wildman–Crippen MR) is 106 cm³/mol. The minimum Gasteiger partial charge on any atom is -0.493 e. The summed E-state index contributed by atoms with van der Waals surface area (Å²) in [5.74, 6) is 1.67. The van der Waals surface area contributed by atoms with Gasteiger partial charge < -0.3 is 14.6 Å². The predicted octanol–water partition coefficient (Wildman–Crippen LogP) is 3.79. The molecule has 1 atom stereocenters. The van der Waals surface area contributed by atoms with Crippen molar-refractivity contribution in [2.75, 3.05) is 6.61 Å². The molecule has 27 heavy (non-hydrogen) atoms. The number of nitrogens with one attached hydrogen (secondary N) is 1. The second kappa shape index (κ2) is 9.03. The third kappa shape index (κ3) is 4.97. The third-order valence-corrected chi connectivity index (χ3v) is 4.45. The fourth-order valence-electron chi connectivity index (χ4n) is 2.96. The van der Waals surface area contributed by atoms with Crippen LogP contribution in [0, 0.1) is 6.92 Å². The molecule has 3 aromatic rings. The highest BCUT2D eigenvalue weighted by Gasteiger charge is 2.20. The summed E-state index contributed by atoms with van der Waals surface area (Å²) in [7, 11) is 1.93.